The fourth-order valence-corrected chi connectivity index (χ4v) is 4.86. The number of nitrogens with zero attached hydrogens (tertiary/aromatic N) is 1. The Morgan fingerprint density at radius 3 is 2.38 bits per heavy atom. The summed E-state index contributed by atoms with van der Waals surface area (Å²) in [6.45, 7) is 4.09. The summed E-state index contributed by atoms with van der Waals surface area (Å²) in [7, 11) is -3.68. The second kappa shape index (κ2) is 6.42. The van der Waals surface area contributed by atoms with E-state index in [1.54, 1.807) is 0 Å². The molecule has 0 unspecified atom stereocenters. The number of aliphatic hydroxyl groups excluding tert-OH is 1. The minimum Gasteiger partial charge on any atom is -0.392 e. The van der Waals surface area contributed by atoms with Crippen LogP contribution < -0.4 is 0 Å². The van der Waals surface area contributed by atoms with Crippen molar-refractivity contribution < 1.29 is 13.5 Å². The topological polar surface area (TPSA) is 57.6 Å². The van der Waals surface area contributed by atoms with Crippen LogP contribution in [0.5, 0.6) is 0 Å². The Bertz CT molecular complexity index is 627. The quantitative estimate of drug-likeness (QED) is 0.855. The molecular formula is C14H19Cl2NO3S. The molecule has 1 fully saturated rings. The van der Waals surface area contributed by atoms with Gasteiger partial charge in [0.2, 0.25) is 10.0 Å². The lowest BCUT2D eigenvalue weighted by Gasteiger charge is -2.24. The van der Waals surface area contributed by atoms with Crippen molar-refractivity contribution >= 4 is 33.2 Å². The van der Waals surface area contributed by atoms with Crippen molar-refractivity contribution in [1.29, 1.82) is 0 Å². The minimum atomic E-state index is -3.68. The van der Waals surface area contributed by atoms with E-state index in [-0.39, 0.29) is 33.5 Å². The predicted molar refractivity (Wildman–Crippen MR) is 84.1 cm³/mol. The third kappa shape index (κ3) is 3.71. The molecule has 0 amide bonds. The van der Waals surface area contributed by atoms with Gasteiger partial charge < -0.3 is 5.11 Å². The van der Waals surface area contributed by atoms with Crippen LogP contribution in [-0.2, 0) is 16.6 Å². The van der Waals surface area contributed by atoms with Gasteiger partial charge >= 0.3 is 0 Å². The summed E-state index contributed by atoms with van der Waals surface area (Å²) in [5, 5.41) is 9.63. The Morgan fingerprint density at radius 1 is 1.29 bits per heavy atom. The highest BCUT2D eigenvalue weighted by Gasteiger charge is 2.39. The lowest BCUT2D eigenvalue weighted by atomic mass is 10.2. The van der Waals surface area contributed by atoms with Crippen LogP contribution in [0.25, 0.3) is 0 Å². The lowest BCUT2D eigenvalue weighted by Crippen LogP contribution is -2.36. The third-order valence-corrected chi connectivity index (χ3v) is 6.09. The van der Waals surface area contributed by atoms with E-state index in [9.17, 15) is 13.5 Å². The summed E-state index contributed by atoms with van der Waals surface area (Å²) in [6.07, 6.45) is 1.76. The first-order valence-corrected chi connectivity index (χ1v) is 9.07. The van der Waals surface area contributed by atoms with E-state index in [0.29, 0.717) is 12.1 Å². The van der Waals surface area contributed by atoms with Gasteiger partial charge in [0, 0.05) is 17.6 Å². The number of hydrogen-bond donors (Lipinski definition) is 1. The van der Waals surface area contributed by atoms with E-state index in [0.717, 1.165) is 12.8 Å². The average molecular weight is 352 g/mol. The Labute approximate surface area is 135 Å². The number of sulfonamides is 1. The molecule has 118 valence electrons. The van der Waals surface area contributed by atoms with Crippen molar-refractivity contribution in [2.45, 2.75) is 44.2 Å². The second-order valence-corrected chi connectivity index (χ2v) is 8.41. The SMILES string of the molecule is CC(C)CN(C1CC1)S(=O)(=O)c1cc(CO)c(Cl)cc1Cl. The molecule has 0 saturated heterocycles. The van der Waals surface area contributed by atoms with Gasteiger partial charge in [-0.25, -0.2) is 8.42 Å². The zero-order chi connectivity index (χ0) is 15.8. The van der Waals surface area contributed by atoms with Gasteiger partial charge in [0.05, 0.1) is 11.6 Å². The van der Waals surface area contributed by atoms with E-state index >= 15 is 0 Å². The molecule has 0 radical (unpaired) electrons. The molecule has 1 aromatic carbocycles. The molecule has 1 aromatic rings. The fourth-order valence-electron chi connectivity index (χ4n) is 2.18. The van der Waals surface area contributed by atoms with Crippen LogP contribution in [-0.4, -0.2) is 30.4 Å². The number of benzene rings is 1. The second-order valence-electron chi connectivity index (χ2n) is 5.73. The Balaban J connectivity index is 2.46. The monoisotopic (exact) mass is 351 g/mol. The highest BCUT2D eigenvalue weighted by atomic mass is 35.5. The number of aliphatic hydroxyl groups is 1. The summed E-state index contributed by atoms with van der Waals surface area (Å²) in [5.74, 6) is 0.226. The standard InChI is InChI=1S/C14H19Cl2NO3S/c1-9(2)7-17(11-3-4-11)21(19,20)14-5-10(8-18)12(15)6-13(14)16/h5-6,9,11,18H,3-4,7-8H2,1-2H3. The van der Waals surface area contributed by atoms with E-state index in [1.165, 1.54) is 16.4 Å². The van der Waals surface area contributed by atoms with Gasteiger partial charge in [-0.05, 0) is 36.5 Å². The van der Waals surface area contributed by atoms with Crippen molar-refractivity contribution in [2.24, 2.45) is 5.92 Å². The maximum Gasteiger partial charge on any atom is 0.244 e. The van der Waals surface area contributed by atoms with Crippen molar-refractivity contribution in [3.8, 4) is 0 Å². The Morgan fingerprint density at radius 2 is 1.90 bits per heavy atom. The molecule has 1 N–H and O–H groups in total. The zero-order valence-electron chi connectivity index (χ0n) is 12.0. The van der Waals surface area contributed by atoms with Gasteiger partial charge in [0.1, 0.15) is 4.90 Å². The molecule has 1 saturated carbocycles. The molecule has 0 aromatic heterocycles. The van der Waals surface area contributed by atoms with Gasteiger partial charge in [0.15, 0.2) is 0 Å². The first kappa shape index (κ1) is 17.0. The van der Waals surface area contributed by atoms with E-state index < -0.39 is 10.0 Å². The number of halogens is 2. The van der Waals surface area contributed by atoms with Crippen LogP contribution in [0.4, 0.5) is 0 Å². The van der Waals surface area contributed by atoms with Gasteiger partial charge in [-0.1, -0.05) is 37.0 Å². The summed E-state index contributed by atoms with van der Waals surface area (Å²) in [5.41, 5.74) is 0.361. The first-order valence-electron chi connectivity index (χ1n) is 6.88. The van der Waals surface area contributed by atoms with Crippen LogP contribution >= 0.6 is 23.2 Å². The molecular weight excluding hydrogens is 333 g/mol. The largest absolute Gasteiger partial charge is 0.392 e. The summed E-state index contributed by atoms with van der Waals surface area (Å²) >= 11 is 12.0. The zero-order valence-corrected chi connectivity index (χ0v) is 14.3. The first-order chi connectivity index (χ1) is 9.77. The summed E-state index contributed by atoms with van der Waals surface area (Å²) < 4.78 is 27.3. The van der Waals surface area contributed by atoms with E-state index in [2.05, 4.69) is 0 Å². The molecule has 0 aliphatic heterocycles. The maximum absolute atomic E-state index is 12.9. The average Bonchev–Trinajstić information content (AvgIpc) is 3.19. The molecule has 0 atom stereocenters. The maximum atomic E-state index is 12.9. The molecule has 1 aliphatic carbocycles. The van der Waals surface area contributed by atoms with Crippen LogP contribution in [0.1, 0.15) is 32.3 Å². The van der Waals surface area contributed by atoms with Crippen molar-refractivity contribution in [3.63, 3.8) is 0 Å². The molecule has 1 aliphatic rings. The van der Waals surface area contributed by atoms with Gasteiger partial charge in [0.25, 0.3) is 0 Å². The minimum absolute atomic E-state index is 0.0187. The summed E-state index contributed by atoms with van der Waals surface area (Å²) in [4.78, 5) is 0.0187. The van der Waals surface area contributed by atoms with E-state index in [4.69, 9.17) is 23.2 Å². The van der Waals surface area contributed by atoms with Crippen molar-refractivity contribution in [1.82, 2.24) is 4.31 Å². The molecule has 2 rings (SSSR count). The molecule has 0 bridgehead atoms. The highest BCUT2D eigenvalue weighted by Crippen LogP contribution is 2.36. The Hall–Kier alpha value is -0.330. The van der Waals surface area contributed by atoms with Crippen LogP contribution in [0.2, 0.25) is 10.0 Å². The normalized spacial score (nSPS) is 16.0. The molecule has 21 heavy (non-hydrogen) atoms. The lowest BCUT2D eigenvalue weighted by molar-refractivity contribution is 0.281. The number of hydrogen-bond acceptors (Lipinski definition) is 3. The molecule has 4 nitrogen and oxygen atoms in total. The Kier molecular flexibility index (Phi) is 5.21. The van der Waals surface area contributed by atoms with E-state index in [1.807, 2.05) is 13.8 Å². The third-order valence-electron chi connectivity index (χ3n) is 3.36. The van der Waals surface area contributed by atoms with Crippen molar-refractivity contribution in [3.05, 3.63) is 27.7 Å². The van der Waals surface area contributed by atoms with Gasteiger partial charge in [-0.2, -0.15) is 4.31 Å². The van der Waals surface area contributed by atoms with Gasteiger partial charge in [-0.15, -0.1) is 0 Å². The molecule has 0 spiro atoms. The predicted octanol–water partition coefficient (Wildman–Crippen LogP) is 3.29. The van der Waals surface area contributed by atoms with Crippen molar-refractivity contribution in [2.75, 3.05) is 6.54 Å². The molecule has 7 heteroatoms. The van der Waals surface area contributed by atoms with Crippen LogP contribution in [0, 0.1) is 5.92 Å². The smallest absolute Gasteiger partial charge is 0.244 e. The van der Waals surface area contributed by atoms with Gasteiger partial charge in [-0.3, -0.25) is 0 Å². The number of rotatable bonds is 6. The fraction of sp³-hybridized carbons (Fsp3) is 0.571. The van der Waals surface area contributed by atoms with Crippen LogP contribution in [0.3, 0.4) is 0 Å². The highest BCUT2D eigenvalue weighted by molar-refractivity contribution is 7.89. The molecule has 0 heterocycles. The summed E-state index contributed by atoms with van der Waals surface area (Å²) in [6, 6.07) is 2.80. The van der Waals surface area contributed by atoms with Crippen LogP contribution in [0.15, 0.2) is 17.0 Å².